The van der Waals surface area contributed by atoms with Gasteiger partial charge in [-0.2, -0.15) is 0 Å². The van der Waals surface area contributed by atoms with Crippen molar-refractivity contribution in [2.75, 3.05) is 5.32 Å². The zero-order valence-electron chi connectivity index (χ0n) is 12.0. The van der Waals surface area contributed by atoms with E-state index >= 15 is 0 Å². The maximum Gasteiger partial charge on any atom is 0.205 e. The minimum atomic E-state index is 0.555. The van der Waals surface area contributed by atoms with Crippen molar-refractivity contribution in [2.24, 2.45) is 0 Å². The smallest absolute Gasteiger partial charge is 0.205 e. The number of para-hydroxylation sites is 3. The standard InChI is InChI=1S/C18H12BrNO3/c19-12-8-10-13(11-9-12)22-23-17-7-3-6-16-18(17)20-14-4-1-2-5-15(14)21-16/h1-11,20H. The Morgan fingerprint density at radius 1 is 0.783 bits per heavy atom. The highest BCUT2D eigenvalue weighted by Crippen LogP contribution is 2.46. The summed E-state index contributed by atoms with van der Waals surface area (Å²) in [7, 11) is 0. The lowest BCUT2D eigenvalue weighted by atomic mass is 10.2. The molecule has 0 saturated heterocycles. The van der Waals surface area contributed by atoms with Crippen molar-refractivity contribution in [1.82, 2.24) is 0 Å². The highest BCUT2D eigenvalue weighted by Gasteiger charge is 2.20. The molecule has 5 heteroatoms. The van der Waals surface area contributed by atoms with Gasteiger partial charge in [0.2, 0.25) is 5.75 Å². The van der Waals surface area contributed by atoms with E-state index < -0.39 is 0 Å². The fraction of sp³-hybridized carbons (Fsp3) is 0. The Bertz CT molecular complexity index is 849. The van der Waals surface area contributed by atoms with Gasteiger partial charge in [-0.25, -0.2) is 0 Å². The summed E-state index contributed by atoms with van der Waals surface area (Å²) in [5, 5.41) is 3.32. The molecule has 1 aliphatic rings. The number of hydrogen-bond acceptors (Lipinski definition) is 4. The van der Waals surface area contributed by atoms with Gasteiger partial charge in [0, 0.05) is 4.47 Å². The summed E-state index contributed by atoms with van der Waals surface area (Å²) < 4.78 is 6.86. The predicted molar refractivity (Wildman–Crippen MR) is 91.6 cm³/mol. The van der Waals surface area contributed by atoms with Crippen molar-refractivity contribution in [2.45, 2.75) is 0 Å². The Kier molecular flexibility index (Phi) is 3.55. The molecule has 0 fully saturated rings. The summed E-state index contributed by atoms with van der Waals surface area (Å²) in [4.78, 5) is 10.9. The maximum atomic E-state index is 5.88. The molecule has 3 aromatic carbocycles. The third-order valence-electron chi connectivity index (χ3n) is 3.40. The van der Waals surface area contributed by atoms with Crippen molar-refractivity contribution in [1.29, 1.82) is 0 Å². The number of benzene rings is 3. The van der Waals surface area contributed by atoms with Crippen LogP contribution >= 0.6 is 15.9 Å². The van der Waals surface area contributed by atoms with Crippen molar-refractivity contribution in [3.8, 4) is 23.0 Å². The number of anilines is 2. The molecule has 0 amide bonds. The van der Waals surface area contributed by atoms with Crippen LogP contribution in [0.1, 0.15) is 0 Å². The molecule has 0 unspecified atom stereocenters. The van der Waals surface area contributed by atoms with Gasteiger partial charge in [0.25, 0.3) is 0 Å². The van der Waals surface area contributed by atoms with Gasteiger partial charge in [-0.15, -0.1) is 0 Å². The molecule has 0 aromatic heterocycles. The summed E-state index contributed by atoms with van der Waals surface area (Å²) in [5.74, 6) is 2.65. The van der Waals surface area contributed by atoms with Crippen LogP contribution in [0.4, 0.5) is 11.4 Å². The van der Waals surface area contributed by atoms with Gasteiger partial charge in [0.1, 0.15) is 5.69 Å². The van der Waals surface area contributed by atoms with Gasteiger partial charge in [0.15, 0.2) is 17.2 Å². The lowest BCUT2D eigenvalue weighted by Crippen LogP contribution is -2.07. The Morgan fingerprint density at radius 3 is 2.43 bits per heavy atom. The Labute approximate surface area is 141 Å². The third kappa shape index (κ3) is 2.83. The van der Waals surface area contributed by atoms with Crippen molar-refractivity contribution in [3.05, 3.63) is 71.2 Å². The fourth-order valence-electron chi connectivity index (χ4n) is 2.28. The number of rotatable bonds is 3. The first-order valence-corrected chi connectivity index (χ1v) is 7.86. The zero-order chi connectivity index (χ0) is 15.6. The summed E-state index contributed by atoms with van der Waals surface area (Å²) in [6, 6.07) is 20.7. The van der Waals surface area contributed by atoms with E-state index in [2.05, 4.69) is 21.2 Å². The second-order valence-corrected chi connectivity index (χ2v) is 5.89. The molecule has 1 N–H and O–H groups in total. The molecule has 3 aromatic rings. The molecule has 114 valence electrons. The van der Waals surface area contributed by atoms with Crippen LogP contribution in [0, 0.1) is 0 Å². The van der Waals surface area contributed by atoms with E-state index in [1.165, 1.54) is 0 Å². The summed E-state index contributed by atoms with van der Waals surface area (Å²) >= 11 is 3.38. The van der Waals surface area contributed by atoms with Crippen LogP contribution < -0.4 is 19.8 Å². The molecule has 0 bridgehead atoms. The first-order valence-electron chi connectivity index (χ1n) is 7.06. The van der Waals surface area contributed by atoms with E-state index in [0.29, 0.717) is 17.2 Å². The minimum absolute atomic E-state index is 0.555. The average Bonchev–Trinajstić information content (AvgIpc) is 2.59. The van der Waals surface area contributed by atoms with Crippen LogP contribution in [0.2, 0.25) is 0 Å². The predicted octanol–water partition coefficient (Wildman–Crippen LogP) is 5.67. The average molecular weight is 370 g/mol. The second kappa shape index (κ2) is 5.85. The van der Waals surface area contributed by atoms with Crippen LogP contribution in [-0.2, 0) is 0 Å². The number of nitrogens with one attached hydrogen (secondary N) is 1. The van der Waals surface area contributed by atoms with Crippen molar-refractivity contribution >= 4 is 27.3 Å². The molecular formula is C18H12BrNO3. The molecule has 0 aliphatic carbocycles. The van der Waals surface area contributed by atoms with E-state index in [4.69, 9.17) is 14.5 Å². The maximum absolute atomic E-state index is 5.88. The molecule has 0 saturated carbocycles. The van der Waals surface area contributed by atoms with Gasteiger partial charge in [-0.05, 0) is 48.5 Å². The number of ether oxygens (including phenoxy) is 1. The van der Waals surface area contributed by atoms with Crippen LogP contribution in [0.15, 0.2) is 71.2 Å². The van der Waals surface area contributed by atoms with E-state index in [-0.39, 0.29) is 0 Å². The van der Waals surface area contributed by atoms with E-state index in [1.807, 2.05) is 66.7 Å². The minimum Gasteiger partial charge on any atom is -0.453 e. The number of fused-ring (bicyclic) bond motifs is 2. The lowest BCUT2D eigenvalue weighted by molar-refractivity contribution is -0.0993. The molecule has 4 rings (SSSR count). The Hall–Kier alpha value is -2.66. The quantitative estimate of drug-likeness (QED) is 0.373. The second-order valence-electron chi connectivity index (χ2n) is 4.97. The molecule has 23 heavy (non-hydrogen) atoms. The van der Waals surface area contributed by atoms with E-state index in [9.17, 15) is 0 Å². The number of hydrogen-bond donors (Lipinski definition) is 1. The SMILES string of the molecule is Brc1ccc(OOc2cccc3c2Nc2ccccc2O3)cc1. The van der Waals surface area contributed by atoms with Gasteiger partial charge in [-0.1, -0.05) is 34.1 Å². The zero-order valence-corrected chi connectivity index (χ0v) is 13.5. The fourth-order valence-corrected chi connectivity index (χ4v) is 2.55. The summed E-state index contributed by atoms with van der Waals surface area (Å²) in [6.45, 7) is 0. The topological polar surface area (TPSA) is 39.7 Å². The molecule has 0 radical (unpaired) electrons. The van der Waals surface area contributed by atoms with Crippen molar-refractivity contribution in [3.63, 3.8) is 0 Å². The summed E-state index contributed by atoms with van der Waals surface area (Å²) in [6.07, 6.45) is 0. The Balaban J connectivity index is 1.58. The van der Waals surface area contributed by atoms with Gasteiger partial charge >= 0.3 is 0 Å². The molecule has 0 spiro atoms. The molecule has 1 heterocycles. The monoisotopic (exact) mass is 369 g/mol. The van der Waals surface area contributed by atoms with E-state index in [1.54, 1.807) is 0 Å². The van der Waals surface area contributed by atoms with Gasteiger partial charge in [0.05, 0.1) is 5.69 Å². The van der Waals surface area contributed by atoms with E-state index in [0.717, 1.165) is 21.6 Å². The molecule has 1 aliphatic heterocycles. The number of halogens is 1. The molecule has 4 nitrogen and oxygen atoms in total. The third-order valence-corrected chi connectivity index (χ3v) is 3.92. The van der Waals surface area contributed by atoms with Crippen LogP contribution in [0.3, 0.4) is 0 Å². The first-order chi connectivity index (χ1) is 11.3. The first kappa shape index (κ1) is 14.0. The van der Waals surface area contributed by atoms with Crippen molar-refractivity contribution < 1.29 is 14.5 Å². The largest absolute Gasteiger partial charge is 0.453 e. The highest BCUT2D eigenvalue weighted by atomic mass is 79.9. The van der Waals surface area contributed by atoms with Crippen LogP contribution in [0.5, 0.6) is 23.0 Å². The van der Waals surface area contributed by atoms with Gasteiger partial charge in [-0.3, -0.25) is 9.78 Å². The molecule has 0 atom stereocenters. The van der Waals surface area contributed by atoms with Crippen LogP contribution in [0.25, 0.3) is 0 Å². The normalized spacial score (nSPS) is 11.5. The van der Waals surface area contributed by atoms with Gasteiger partial charge < -0.3 is 10.1 Å². The molecular weight excluding hydrogens is 358 g/mol. The summed E-state index contributed by atoms with van der Waals surface area (Å²) in [5.41, 5.74) is 1.63. The Morgan fingerprint density at radius 2 is 1.57 bits per heavy atom. The highest BCUT2D eigenvalue weighted by molar-refractivity contribution is 9.10. The lowest BCUT2D eigenvalue weighted by Gasteiger charge is -2.22. The van der Waals surface area contributed by atoms with Crippen LogP contribution in [-0.4, -0.2) is 0 Å².